The second-order valence-electron chi connectivity index (χ2n) is 3.20. The minimum atomic E-state index is 0.0596. The second-order valence-corrected chi connectivity index (χ2v) is 3.20. The number of aliphatic hydroxyl groups excluding tert-OH is 1. The minimum absolute atomic E-state index is 0.0596. The maximum atomic E-state index is 8.87. The largest absolute Gasteiger partial charge is 0.396 e. The Morgan fingerprint density at radius 2 is 2.44 bits per heavy atom. The van der Waals surface area contributed by atoms with Gasteiger partial charge in [-0.3, -0.25) is 4.99 Å². The van der Waals surface area contributed by atoms with Crippen LogP contribution in [0.2, 0.25) is 0 Å². The normalized spacial score (nSPS) is 34.8. The van der Waals surface area contributed by atoms with Gasteiger partial charge in [-0.2, -0.15) is 0 Å². The van der Waals surface area contributed by atoms with E-state index in [0.717, 1.165) is 13.0 Å². The molecule has 0 saturated carbocycles. The van der Waals surface area contributed by atoms with E-state index in [9.17, 15) is 0 Å². The molecule has 1 aliphatic heterocycles. The third-order valence-electron chi connectivity index (χ3n) is 1.80. The highest BCUT2D eigenvalue weighted by molar-refractivity contribution is 5.84. The van der Waals surface area contributed by atoms with E-state index in [-0.39, 0.29) is 12.0 Å². The molecule has 9 heavy (non-hydrogen) atoms. The Morgan fingerprint density at radius 1 is 1.78 bits per heavy atom. The van der Waals surface area contributed by atoms with Crippen LogP contribution in [0.15, 0.2) is 4.99 Å². The average molecular weight is 127 g/mol. The van der Waals surface area contributed by atoms with Gasteiger partial charge in [0.2, 0.25) is 0 Å². The molecule has 52 valence electrons. The first-order valence-corrected chi connectivity index (χ1v) is 3.27. The van der Waals surface area contributed by atoms with Gasteiger partial charge >= 0.3 is 0 Å². The lowest BCUT2D eigenvalue weighted by Crippen LogP contribution is -2.21. The van der Waals surface area contributed by atoms with Crippen LogP contribution < -0.4 is 0 Å². The Kier molecular flexibility index (Phi) is 1.58. The first-order chi connectivity index (χ1) is 4.16. The van der Waals surface area contributed by atoms with Crippen molar-refractivity contribution in [3.63, 3.8) is 0 Å². The van der Waals surface area contributed by atoms with Gasteiger partial charge in [-0.05, 0) is 13.3 Å². The monoisotopic (exact) mass is 127 g/mol. The van der Waals surface area contributed by atoms with Crippen LogP contribution in [-0.2, 0) is 0 Å². The number of nitrogens with zero attached hydrogens (tertiary/aromatic N) is 1. The molecule has 0 radical (unpaired) electrons. The summed E-state index contributed by atoms with van der Waals surface area (Å²) in [5, 5.41) is 8.87. The highest BCUT2D eigenvalue weighted by Crippen LogP contribution is 2.26. The zero-order chi connectivity index (χ0) is 6.91. The molecule has 1 aliphatic rings. The maximum absolute atomic E-state index is 8.87. The fourth-order valence-corrected chi connectivity index (χ4v) is 1.16. The fourth-order valence-electron chi connectivity index (χ4n) is 1.16. The van der Waals surface area contributed by atoms with Crippen molar-refractivity contribution in [3.05, 3.63) is 0 Å². The van der Waals surface area contributed by atoms with Crippen molar-refractivity contribution in [3.8, 4) is 0 Å². The van der Waals surface area contributed by atoms with E-state index in [2.05, 4.69) is 11.9 Å². The van der Waals surface area contributed by atoms with Crippen molar-refractivity contribution in [1.82, 2.24) is 0 Å². The molecular formula is C7H13NO. The summed E-state index contributed by atoms with van der Waals surface area (Å²) in [6.45, 7) is 5.14. The van der Waals surface area contributed by atoms with E-state index in [4.69, 9.17) is 5.11 Å². The van der Waals surface area contributed by atoms with E-state index in [0.29, 0.717) is 0 Å². The fraction of sp³-hybridized carbons (Fsp3) is 0.857. The first-order valence-electron chi connectivity index (χ1n) is 3.27. The number of rotatable bonds is 1. The quantitative estimate of drug-likeness (QED) is 0.556. The van der Waals surface area contributed by atoms with Crippen LogP contribution in [0.3, 0.4) is 0 Å². The first kappa shape index (κ1) is 6.75. The van der Waals surface area contributed by atoms with E-state index in [1.807, 2.05) is 6.92 Å². The zero-order valence-electron chi connectivity index (χ0n) is 6.02. The van der Waals surface area contributed by atoms with Crippen LogP contribution in [0.4, 0.5) is 0 Å². The molecule has 0 aromatic heterocycles. The van der Waals surface area contributed by atoms with Gasteiger partial charge in [0.15, 0.2) is 0 Å². The number of hydrogen-bond donors (Lipinski definition) is 1. The van der Waals surface area contributed by atoms with Crippen LogP contribution in [-0.4, -0.2) is 24.0 Å². The van der Waals surface area contributed by atoms with E-state index < -0.39 is 0 Å². The highest BCUT2D eigenvalue weighted by Gasteiger charge is 2.28. The van der Waals surface area contributed by atoms with Gasteiger partial charge in [-0.25, -0.2) is 0 Å². The van der Waals surface area contributed by atoms with E-state index in [1.54, 1.807) is 0 Å². The molecular weight excluding hydrogens is 114 g/mol. The Hall–Kier alpha value is -0.370. The van der Waals surface area contributed by atoms with Crippen LogP contribution in [0.1, 0.15) is 20.3 Å². The van der Waals surface area contributed by atoms with Crippen molar-refractivity contribution in [2.75, 3.05) is 13.2 Å². The standard InChI is InChI=1S/C7H13NO/c1-6-3-7(2,5-9)4-8-6/h9H,3-5H2,1-2H3. The molecule has 1 N–H and O–H groups in total. The summed E-state index contributed by atoms with van der Waals surface area (Å²) < 4.78 is 0. The molecule has 1 rings (SSSR count). The summed E-state index contributed by atoms with van der Waals surface area (Å²) >= 11 is 0. The summed E-state index contributed by atoms with van der Waals surface area (Å²) in [6, 6.07) is 0. The third kappa shape index (κ3) is 1.30. The molecule has 0 aliphatic carbocycles. The van der Waals surface area contributed by atoms with Crippen LogP contribution in [0, 0.1) is 5.41 Å². The number of aliphatic imine (C=N–C) groups is 1. The van der Waals surface area contributed by atoms with Crippen molar-refractivity contribution in [2.24, 2.45) is 10.4 Å². The molecule has 2 heteroatoms. The maximum Gasteiger partial charge on any atom is 0.0506 e. The van der Waals surface area contributed by atoms with Gasteiger partial charge in [-0.1, -0.05) is 6.92 Å². The van der Waals surface area contributed by atoms with E-state index >= 15 is 0 Å². The average Bonchev–Trinajstić information content (AvgIpc) is 2.13. The molecule has 0 fully saturated rings. The van der Waals surface area contributed by atoms with Gasteiger partial charge in [0.05, 0.1) is 6.61 Å². The van der Waals surface area contributed by atoms with Gasteiger partial charge in [0.1, 0.15) is 0 Å². The SMILES string of the molecule is CC1=NCC(C)(CO)C1. The molecule has 2 nitrogen and oxygen atoms in total. The van der Waals surface area contributed by atoms with Crippen LogP contribution in [0.25, 0.3) is 0 Å². The van der Waals surface area contributed by atoms with Crippen molar-refractivity contribution in [2.45, 2.75) is 20.3 Å². The smallest absolute Gasteiger partial charge is 0.0506 e. The van der Waals surface area contributed by atoms with Crippen molar-refractivity contribution >= 4 is 5.71 Å². The topological polar surface area (TPSA) is 32.6 Å². The molecule has 1 atom stereocenters. The van der Waals surface area contributed by atoms with Crippen LogP contribution in [0.5, 0.6) is 0 Å². The number of hydrogen-bond acceptors (Lipinski definition) is 2. The second kappa shape index (κ2) is 2.10. The highest BCUT2D eigenvalue weighted by atomic mass is 16.3. The van der Waals surface area contributed by atoms with Crippen LogP contribution >= 0.6 is 0 Å². The predicted octanol–water partition coefficient (Wildman–Crippen LogP) is 0.850. The molecule has 0 saturated heterocycles. The number of aliphatic hydroxyl groups is 1. The Labute approximate surface area is 55.6 Å². The van der Waals surface area contributed by atoms with Gasteiger partial charge in [-0.15, -0.1) is 0 Å². The van der Waals surface area contributed by atoms with Crippen molar-refractivity contribution in [1.29, 1.82) is 0 Å². The Morgan fingerprint density at radius 3 is 2.67 bits per heavy atom. The molecule has 0 amide bonds. The molecule has 0 spiro atoms. The minimum Gasteiger partial charge on any atom is -0.396 e. The lowest BCUT2D eigenvalue weighted by molar-refractivity contribution is 0.164. The van der Waals surface area contributed by atoms with Gasteiger partial charge < -0.3 is 5.11 Å². The lowest BCUT2D eigenvalue weighted by atomic mass is 9.89. The summed E-state index contributed by atoms with van der Waals surface area (Å²) in [7, 11) is 0. The Balaban J connectivity index is 2.53. The Bertz CT molecular complexity index is 142. The molecule has 0 aromatic carbocycles. The summed E-state index contributed by atoms with van der Waals surface area (Å²) in [4.78, 5) is 4.22. The molecule has 0 aromatic rings. The summed E-state index contributed by atoms with van der Waals surface area (Å²) in [6.07, 6.45) is 0.962. The van der Waals surface area contributed by atoms with E-state index in [1.165, 1.54) is 5.71 Å². The predicted molar refractivity (Wildman–Crippen MR) is 37.8 cm³/mol. The zero-order valence-corrected chi connectivity index (χ0v) is 6.02. The molecule has 0 bridgehead atoms. The van der Waals surface area contributed by atoms with Gasteiger partial charge in [0.25, 0.3) is 0 Å². The third-order valence-corrected chi connectivity index (χ3v) is 1.80. The van der Waals surface area contributed by atoms with Gasteiger partial charge in [0, 0.05) is 17.7 Å². The molecule has 1 unspecified atom stereocenters. The van der Waals surface area contributed by atoms with Crippen molar-refractivity contribution < 1.29 is 5.11 Å². The summed E-state index contributed by atoms with van der Waals surface area (Å²) in [5.74, 6) is 0. The summed E-state index contributed by atoms with van der Waals surface area (Å²) in [5.41, 5.74) is 1.23. The lowest BCUT2D eigenvalue weighted by Gasteiger charge is -2.17. The molecule has 1 heterocycles.